The van der Waals surface area contributed by atoms with Gasteiger partial charge in [-0.05, 0) is 31.0 Å². The van der Waals surface area contributed by atoms with Crippen LogP contribution in [0, 0.1) is 5.82 Å². The third-order valence-corrected chi connectivity index (χ3v) is 4.24. The number of halogens is 7. The Bertz CT molecular complexity index is 797. The van der Waals surface area contributed by atoms with Crippen molar-refractivity contribution >= 4 is 0 Å². The Morgan fingerprint density at radius 3 is 2.48 bits per heavy atom. The Balaban J connectivity index is 2.22. The lowest BCUT2D eigenvalue weighted by atomic mass is 9.90. The largest absolute Gasteiger partial charge is 0.418 e. The number of nitrogens with zero attached hydrogens (tertiary/aromatic N) is 1. The quantitative estimate of drug-likeness (QED) is 0.752. The maximum Gasteiger partial charge on any atom is 0.418 e. The molecule has 136 valence electrons. The molecule has 2 nitrogen and oxygen atoms in total. The fourth-order valence-electron chi connectivity index (χ4n) is 3.06. The first-order chi connectivity index (χ1) is 11.6. The summed E-state index contributed by atoms with van der Waals surface area (Å²) in [7, 11) is 0. The average Bonchev–Trinajstić information content (AvgIpc) is 2.91. The molecule has 1 unspecified atom stereocenters. The van der Waals surface area contributed by atoms with Crippen LogP contribution in [0.4, 0.5) is 30.7 Å². The summed E-state index contributed by atoms with van der Waals surface area (Å²) >= 11 is 0. The van der Waals surface area contributed by atoms with Crippen LogP contribution < -0.4 is 0 Å². The van der Waals surface area contributed by atoms with Gasteiger partial charge in [-0.1, -0.05) is 0 Å². The Hall–Kier alpha value is -2.03. The van der Waals surface area contributed by atoms with Crippen LogP contribution in [0.3, 0.4) is 0 Å². The molecule has 1 N–H and O–H groups in total. The molecule has 0 amide bonds. The van der Waals surface area contributed by atoms with E-state index in [4.69, 9.17) is 0 Å². The smallest absolute Gasteiger partial charge is 0.385 e. The molecule has 2 atom stereocenters. The van der Waals surface area contributed by atoms with E-state index >= 15 is 0 Å². The summed E-state index contributed by atoms with van der Waals surface area (Å²) in [5.41, 5.74) is -2.93. The van der Waals surface area contributed by atoms with Gasteiger partial charge in [0.1, 0.15) is 18.1 Å². The molecule has 0 fully saturated rings. The first kappa shape index (κ1) is 17.8. The van der Waals surface area contributed by atoms with Crippen LogP contribution in [0.15, 0.2) is 24.4 Å². The van der Waals surface area contributed by atoms with E-state index in [1.54, 1.807) is 0 Å². The minimum Gasteiger partial charge on any atom is -0.385 e. The maximum absolute atomic E-state index is 13.7. The number of fused-ring (bicyclic) bond motifs is 1. The monoisotopic (exact) mass is 367 g/mol. The summed E-state index contributed by atoms with van der Waals surface area (Å²) in [6.45, 7) is 0. The molecule has 0 aliphatic heterocycles. The summed E-state index contributed by atoms with van der Waals surface area (Å²) in [5.74, 6) is -1.18. The lowest BCUT2D eigenvalue weighted by molar-refractivity contribution is -0.139. The normalized spacial score (nSPS) is 20.8. The van der Waals surface area contributed by atoms with Crippen molar-refractivity contribution in [2.24, 2.45) is 0 Å². The number of aromatic nitrogens is 1. The van der Waals surface area contributed by atoms with E-state index in [0.717, 1.165) is 22.8 Å². The van der Waals surface area contributed by atoms with E-state index < -0.39 is 47.4 Å². The fraction of sp³-hybridized carbons (Fsp3) is 0.375. The van der Waals surface area contributed by atoms with Gasteiger partial charge in [0.2, 0.25) is 0 Å². The van der Waals surface area contributed by atoms with Gasteiger partial charge in [0.15, 0.2) is 0 Å². The molecule has 0 radical (unpaired) electrons. The van der Waals surface area contributed by atoms with Gasteiger partial charge in [-0.3, -0.25) is 0 Å². The van der Waals surface area contributed by atoms with Gasteiger partial charge in [0, 0.05) is 23.1 Å². The highest BCUT2D eigenvalue weighted by Crippen LogP contribution is 2.43. The lowest BCUT2D eigenvalue weighted by Crippen LogP contribution is -2.24. The van der Waals surface area contributed by atoms with Gasteiger partial charge in [0.25, 0.3) is 6.43 Å². The number of hydrogen-bond acceptors (Lipinski definition) is 1. The van der Waals surface area contributed by atoms with E-state index in [0.29, 0.717) is 6.20 Å². The third kappa shape index (κ3) is 3.01. The molecule has 0 bridgehead atoms. The summed E-state index contributed by atoms with van der Waals surface area (Å²) in [5, 5.41) is 9.85. The van der Waals surface area contributed by atoms with Crippen LogP contribution in [0.5, 0.6) is 0 Å². The van der Waals surface area contributed by atoms with Crippen LogP contribution >= 0.6 is 0 Å². The number of aliphatic hydroxyl groups excluding tert-OH is 1. The highest BCUT2D eigenvalue weighted by molar-refractivity contribution is 5.47. The first-order valence-corrected chi connectivity index (χ1v) is 7.32. The predicted octanol–water partition coefficient (Wildman–Crippen LogP) is 4.89. The summed E-state index contributed by atoms with van der Waals surface area (Å²) in [6.07, 6.45) is -11.5. The van der Waals surface area contributed by atoms with Gasteiger partial charge in [0.05, 0.1) is 11.1 Å². The number of hydrogen-bond donors (Lipinski definition) is 1. The maximum atomic E-state index is 13.7. The Morgan fingerprint density at radius 1 is 1.20 bits per heavy atom. The van der Waals surface area contributed by atoms with Crippen molar-refractivity contribution in [2.75, 3.05) is 0 Å². The molecule has 9 heteroatoms. The van der Waals surface area contributed by atoms with Crippen molar-refractivity contribution in [2.45, 2.75) is 37.7 Å². The van der Waals surface area contributed by atoms with Crippen LogP contribution in [-0.4, -0.2) is 15.8 Å². The van der Waals surface area contributed by atoms with Gasteiger partial charge < -0.3 is 9.67 Å². The molecular formula is C16H12F7NO. The molecule has 1 aromatic heterocycles. The van der Waals surface area contributed by atoms with Crippen LogP contribution in [0.1, 0.15) is 41.3 Å². The Kier molecular flexibility index (Phi) is 4.30. The first-order valence-electron chi connectivity index (χ1n) is 7.32. The van der Waals surface area contributed by atoms with Crippen LogP contribution in [0.2, 0.25) is 0 Å². The zero-order valence-electron chi connectivity index (χ0n) is 12.5. The van der Waals surface area contributed by atoms with Crippen molar-refractivity contribution in [3.05, 3.63) is 52.6 Å². The van der Waals surface area contributed by atoms with E-state index in [9.17, 15) is 35.8 Å². The van der Waals surface area contributed by atoms with E-state index in [1.807, 2.05) is 0 Å². The predicted molar refractivity (Wildman–Crippen MR) is 73.9 cm³/mol. The second kappa shape index (κ2) is 6.05. The molecule has 1 heterocycles. The van der Waals surface area contributed by atoms with E-state index in [-0.39, 0.29) is 24.2 Å². The topological polar surface area (TPSA) is 25.2 Å². The van der Waals surface area contributed by atoms with Gasteiger partial charge in [-0.15, -0.1) is 0 Å². The molecule has 25 heavy (non-hydrogen) atoms. The SMILES string of the molecule is O[C@H]1c2c(C(F)(F)F)cn(-c3ccc(F)c(C(F)F)c3)c2CCC1F. The molecular weight excluding hydrogens is 355 g/mol. The second-order valence-electron chi connectivity index (χ2n) is 5.78. The highest BCUT2D eigenvalue weighted by Gasteiger charge is 2.43. The molecule has 0 spiro atoms. The molecule has 0 saturated carbocycles. The van der Waals surface area contributed by atoms with Crippen molar-refractivity contribution in [3.63, 3.8) is 0 Å². The number of alkyl halides is 6. The van der Waals surface area contributed by atoms with Crippen LogP contribution in [-0.2, 0) is 12.6 Å². The number of benzene rings is 1. The average molecular weight is 367 g/mol. The molecule has 3 rings (SSSR count). The summed E-state index contributed by atoms with van der Waals surface area (Å²) < 4.78 is 93.5. The van der Waals surface area contributed by atoms with Gasteiger partial charge >= 0.3 is 6.18 Å². The molecule has 0 saturated heterocycles. The standard InChI is InChI=1S/C16H12F7NO/c17-10-2-1-7(5-8(10)15(19)20)24-6-9(16(21,22)23)13-12(24)4-3-11(18)14(13)25/h1-2,5-6,11,14-15,25H,3-4H2/t11?,14-/m1/s1. The summed E-state index contributed by atoms with van der Waals surface area (Å²) in [4.78, 5) is 0. The molecule has 2 aromatic rings. The number of aliphatic hydroxyl groups is 1. The third-order valence-electron chi connectivity index (χ3n) is 4.24. The Morgan fingerprint density at radius 2 is 1.88 bits per heavy atom. The number of rotatable bonds is 2. The minimum atomic E-state index is -4.86. The highest BCUT2D eigenvalue weighted by atomic mass is 19.4. The Labute approximate surface area is 137 Å². The zero-order valence-corrected chi connectivity index (χ0v) is 12.5. The van der Waals surface area contributed by atoms with Gasteiger partial charge in [-0.25, -0.2) is 17.6 Å². The van der Waals surface area contributed by atoms with Crippen molar-refractivity contribution in [3.8, 4) is 5.69 Å². The molecule has 1 aromatic carbocycles. The second-order valence-corrected chi connectivity index (χ2v) is 5.78. The minimum absolute atomic E-state index is 0.0273. The van der Waals surface area contributed by atoms with E-state index in [2.05, 4.69) is 0 Å². The van der Waals surface area contributed by atoms with Gasteiger partial charge in [-0.2, -0.15) is 13.2 Å². The van der Waals surface area contributed by atoms with Crippen molar-refractivity contribution < 1.29 is 35.8 Å². The van der Waals surface area contributed by atoms with E-state index in [1.165, 1.54) is 0 Å². The van der Waals surface area contributed by atoms with Crippen molar-refractivity contribution in [1.82, 2.24) is 4.57 Å². The lowest BCUT2D eigenvalue weighted by Gasteiger charge is -2.25. The molecule has 1 aliphatic rings. The van der Waals surface area contributed by atoms with Crippen LogP contribution in [0.25, 0.3) is 5.69 Å². The van der Waals surface area contributed by atoms with Crippen molar-refractivity contribution in [1.29, 1.82) is 0 Å². The zero-order chi connectivity index (χ0) is 18.5. The summed E-state index contributed by atoms with van der Waals surface area (Å²) in [6, 6.07) is 2.53. The molecule has 1 aliphatic carbocycles. The fourth-order valence-corrected chi connectivity index (χ4v) is 3.06.